The summed E-state index contributed by atoms with van der Waals surface area (Å²) < 4.78 is 1.09. The van der Waals surface area contributed by atoms with Crippen molar-refractivity contribution in [3.63, 3.8) is 0 Å². The molecule has 0 aliphatic heterocycles. The zero-order valence-corrected chi connectivity index (χ0v) is 13.4. The monoisotopic (exact) mass is 347 g/mol. The molecule has 0 fully saturated rings. The van der Waals surface area contributed by atoms with E-state index >= 15 is 0 Å². The van der Waals surface area contributed by atoms with Gasteiger partial charge in [0.15, 0.2) is 0 Å². The van der Waals surface area contributed by atoms with Gasteiger partial charge in [0.1, 0.15) is 0 Å². The van der Waals surface area contributed by atoms with Gasteiger partial charge in [-0.3, -0.25) is 14.5 Å². The Morgan fingerprint density at radius 3 is 2.58 bits per heavy atom. The number of rotatable bonds is 7. The average molecular weight is 348 g/mol. The molecule has 1 aromatic heterocycles. The highest BCUT2D eigenvalue weighted by atomic mass is 79.9. The molecule has 1 aromatic rings. The third-order valence-electron chi connectivity index (χ3n) is 2.29. The zero-order valence-electron chi connectivity index (χ0n) is 11.0. The van der Waals surface area contributed by atoms with Crippen molar-refractivity contribution < 1.29 is 9.59 Å². The van der Waals surface area contributed by atoms with Gasteiger partial charge in [0, 0.05) is 31.4 Å². The van der Waals surface area contributed by atoms with Crippen LogP contribution in [0.3, 0.4) is 0 Å². The predicted octanol–water partition coefficient (Wildman–Crippen LogP) is 1.19. The van der Waals surface area contributed by atoms with Gasteiger partial charge in [0.05, 0.1) is 10.3 Å². The summed E-state index contributed by atoms with van der Waals surface area (Å²) in [6, 6.07) is 4.04. The van der Waals surface area contributed by atoms with Crippen LogP contribution in [-0.4, -0.2) is 43.4 Å². The first kappa shape index (κ1) is 16.1. The lowest BCUT2D eigenvalue weighted by molar-refractivity contribution is -0.122. The van der Waals surface area contributed by atoms with Crippen molar-refractivity contribution in [2.24, 2.45) is 0 Å². The first-order valence-corrected chi connectivity index (χ1v) is 7.52. The van der Waals surface area contributed by atoms with Crippen LogP contribution in [0.4, 0.5) is 0 Å². The minimum atomic E-state index is -0.0883. The van der Waals surface area contributed by atoms with Crippen LogP contribution in [0.25, 0.3) is 0 Å². The Bertz CT molecular complexity index is 436. The number of hydrogen-bond acceptors (Lipinski definition) is 4. The Hall–Kier alpha value is -0.920. The van der Waals surface area contributed by atoms with Crippen molar-refractivity contribution in [1.82, 2.24) is 15.5 Å². The summed E-state index contributed by atoms with van der Waals surface area (Å²) in [5, 5.41) is 5.38. The summed E-state index contributed by atoms with van der Waals surface area (Å²) in [6.45, 7) is 3.46. The summed E-state index contributed by atoms with van der Waals surface area (Å²) in [6.07, 6.45) is 0. The molecule has 2 amide bonds. The first-order valence-electron chi connectivity index (χ1n) is 5.91. The van der Waals surface area contributed by atoms with Gasteiger partial charge in [0.25, 0.3) is 0 Å². The van der Waals surface area contributed by atoms with Gasteiger partial charge in [-0.05, 0) is 35.1 Å². The topological polar surface area (TPSA) is 61.4 Å². The lowest BCUT2D eigenvalue weighted by Gasteiger charge is -2.15. The summed E-state index contributed by atoms with van der Waals surface area (Å²) >= 11 is 5.08. The number of halogens is 1. The van der Waals surface area contributed by atoms with Crippen molar-refractivity contribution in [2.75, 3.05) is 26.7 Å². The van der Waals surface area contributed by atoms with Gasteiger partial charge in [-0.25, -0.2) is 0 Å². The van der Waals surface area contributed by atoms with Gasteiger partial charge < -0.3 is 10.6 Å². The fourth-order valence-electron chi connectivity index (χ4n) is 1.50. The fraction of sp³-hybridized carbons (Fsp3) is 0.500. The largest absolute Gasteiger partial charge is 0.355 e. The molecule has 0 aliphatic carbocycles. The van der Waals surface area contributed by atoms with E-state index in [4.69, 9.17) is 0 Å². The molecule has 5 nitrogen and oxygen atoms in total. The van der Waals surface area contributed by atoms with E-state index in [1.165, 1.54) is 11.8 Å². The molecule has 0 aromatic carbocycles. The molecule has 106 valence electrons. The van der Waals surface area contributed by atoms with Gasteiger partial charge >= 0.3 is 0 Å². The number of amides is 2. The van der Waals surface area contributed by atoms with Crippen LogP contribution in [0.1, 0.15) is 11.8 Å². The van der Waals surface area contributed by atoms with Crippen molar-refractivity contribution in [1.29, 1.82) is 0 Å². The molecular formula is C12H18BrN3O2S. The van der Waals surface area contributed by atoms with Crippen molar-refractivity contribution >= 4 is 39.1 Å². The second kappa shape index (κ2) is 8.29. The number of carbonyl (C=O) groups excluding carboxylic acids is 2. The molecule has 0 bridgehead atoms. The lowest BCUT2D eigenvalue weighted by Crippen LogP contribution is -2.38. The quantitative estimate of drug-likeness (QED) is 0.728. The van der Waals surface area contributed by atoms with Crippen LogP contribution in [0.5, 0.6) is 0 Å². The van der Waals surface area contributed by atoms with Crippen LogP contribution in [-0.2, 0) is 16.1 Å². The second-order valence-corrected chi connectivity index (χ2v) is 6.76. The molecule has 2 N–H and O–H groups in total. The zero-order chi connectivity index (χ0) is 14.3. The maximum Gasteiger partial charge on any atom is 0.234 e. The van der Waals surface area contributed by atoms with E-state index in [2.05, 4.69) is 26.6 Å². The number of thiophene rings is 1. The number of likely N-dealkylation sites (N-methyl/N-ethyl adjacent to an activating group) is 1. The predicted molar refractivity (Wildman–Crippen MR) is 80.0 cm³/mol. The van der Waals surface area contributed by atoms with E-state index in [0.29, 0.717) is 19.6 Å². The van der Waals surface area contributed by atoms with E-state index in [1.807, 2.05) is 24.1 Å². The Morgan fingerprint density at radius 2 is 2.00 bits per heavy atom. The lowest BCUT2D eigenvalue weighted by atomic mass is 10.4. The minimum absolute atomic E-state index is 0.0385. The van der Waals surface area contributed by atoms with Crippen molar-refractivity contribution in [2.45, 2.75) is 13.5 Å². The summed E-state index contributed by atoms with van der Waals surface area (Å²) in [5.74, 6) is -0.127. The van der Waals surface area contributed by atoms with Gasteiger partial charge in [-0.1, -0.05) is 0 Å². The van der Waals surface area contributed by atoms with Crippen LogP contribution in [0.2, 0.25) is 0 Å². The van der Waals surface area contributed by atoms with Gasteiger partial charge in [0.2, 0.25) is 11.8 Å². The highest BCUT2D eigenvalue weighted by Crippen LogP contribution is 2.22. The fourth-order valence-corrected chi connectivity index (χ4v) is 3.06. The average Bonchev–Trinajstić information content (AvgIpc) is 2.69. The molecule has 0 saturated carbocycles. The SMILES string of the molecule is CC(=O)NCCNC(=O)CN(C)Cc1ccc(Br)s1. The van der Waals surface area contributed by atoms with Crippen LogP contribution < -0.4 is 10.6 Å². The van der Waals surface area contributed by atoms with Crippen LogP contribution >= 0.6 is 27.3 Å². The molecule has 19 heavy (non-hydrogen) atoms. The molecule has 1 heterocycles. The molecule has 0 saturated heterocycles. The number of carbonyl (C=O) groups is 2. The third-order valence-corrected chi connectivity index (χ3v) is 3.90. The summed E-state index contributed by atoms with van der Waals surface area (Å²) in [4.78, 5) is 25.4. The van der Waals surface area contributed by atoms with Crippen LogP contribution in [0.15, 0.2) is 15.9 Å². The number of nitrogens with one attached hydrogen (secondary N) is 2. The summed E-state index contributed by atoms with van der Waals surface area (Å²) in [7, 11) is 1.90. The Kier molecular flexibility index (Phi) is 7.04. The molecule has 0 unspecified atom stereocenters. The maximum absolute atomic E-state index is 11.6. The molecular weight excluding hydrogens is 330 g/mol. The first-order chi connectivity index (χ1) is 8.97. The Morgan fingerprint density at radius 1 is 1.32 bits per heavy atom. The highest BCUT2D eigenvalue weighted by Gasteiger charge is 2.07. The van der Waals surface area contributed by atoms with Crippen molar-refractivity contribution in [3.8, 4) is 0 Å². The smallest absolute Gasteiger partial charge is 0.234 e. The van der Waals surface area contributed by atoms with E-state index in [0.717, 1.165) is 10.3 Å². The summed E-state index contributed by atoms with van der Waals surface area (Å²) in [5.41, 5.74) is 0. The molecule has 1 rings (SSSR count). The minimum Gasteiger partial charge on any atom is -0.355 e. The number of nitrogens with zero attached hydrogens (tertiary/aromatic N) is 1. The van der Waals surface area contributed by atoms with Crippen LogP contribution in [0, 0.1) is 0 Å². The second-order valence-electron chi connectivity index (χ2n) is 4.21. The standard InChI is InChI=1S/C12H18BrN3O2S/c1-9(17)14-5-6-15-12(18)8-16(2)7-10-3-4-11(13)19-10/h3-4H,5-8H2,1-2H3,(H,14,17)(H,15,18). The normalized spacial score (nSPS) is 10.5. The number of hydrogen-bond donors (Lipinski definition) is 2. The molecule has 0 atom stereocenters. The van der Waals surface area contributed by atoms with Gasteiger partial charge in [-0.15, -0.1) is 11.3 Å². The van der Waals surface area contributed by atoms with E-state index in [9.17, 15) is 9.59 Å². The van der Waals surface area contributed by atoms with E-state index < -0.39 is 0 Å². The van der Waals surface area contributed by atoms with Crippen molar-refractivity contribution in [3.05, 3.63) is 20.8 Å². The Labute approximate surface area is 125 Å². The van der Waals surface area contributed by atoms with E-state index in [-0.39, 0.29) is 11.8 Å². The molecule has 0 spiro atoms. The molecule has 0 aliphatic rings. The maximum atomic E-state index is 11.6. The molecule has 7 heteroatoms. The Balaban J connectivity index is 2.18. The van der Waals surface area contributed by atoms with E-state index in [1.54, 1.807) is 11.3 Å². The van der Waals surface area contributed by atoms with Gasteiger partial charge in [-0.2, -0.15) is 0 Å². The third kappa shape index (κ3) is 7.29. The highest BCUT2D eigenvalue weighted by molar-refractivity contribution is 9.11. The molecule has 0 radical (unpaired) electrons.